The van der Waals surface area contributed by atoms with Crippen molar-refractivity contribution in [3.8, 4) is 0 Å². The molecule has 28 heavy (non-hydrogen) atoms. The van der Waals surface area contributed by atoms with Gasteiger partial charge >= 0.3 is 24.3 Å². The fourth-order valence-corrected chi connectivity index (χ4v) is 2.45. The number of hydrogen-bond acceptors (Lipinski definition) is 3. The Bertz CT molecular complexity index is 822. The monoisotopic (exact) mass is 521 g/mol. The summed E-state index contributed by atoms with van der Waals surface area (Å²) in [7, 11) is 0. The van der Waals surface area contributed by atoms with E-state index >= 15 is 0 Å². The van der Waals surface area contributed by atoms with Crippen LogP contribution in [0.5, 0.6) is 0 Å². The van der Waals surface area contributed by atoms with Gasteiger partial charge in [-0.05, 0) is 59.0 Å². The van der Waals surface area contributed by atoms with E-state index in [0.29, 0.717) is 12.1 Å². The maximum atomic E-state index is 12.3. The second kappa shape index (κ2) is 8.67. The lowest BCUT2D eigenvalue weighted by atomic mass is 10.1. The second-order valence-corrected chi connectivity index (χ2v) is 6.26. The highest BCUT2D eigenvalue weighted by Gasteiger charge is 2.34. The van der Waals surface area contributed by atoms with Gasteiger partial charge in [0, 0.05) is 9.26 Å². The molecule has 152 valence electrons. The Morgan fingerprint density at radius 2 is 1.18 bits per heavy atom. The first-order valence-corrected chi connectivity index (χ1v) is 8.02. The van der Waals surface area contributed by atoms with Gasteiger partial charge in [0.1, 0.15) is 0 Å². The predicted octanol–water partition coefficient (Wildman–Crippen LogP) is 4.99. The van der Waals surface area contributed by atoms with Gasteiger partial charge in [0.15, 0.2) is 0 Å². The third kappa shape index (κ3) is 6.28. The highest BCUT2D eigenvalue weighted by atomic mass is 127. The van der Waals surface area contributed by atoms with Gasteiger partial charge in [-0.2, -0.15) is 26.3 Å². The molecule has 0 bridgehead atoms. The summed E-state index contributed by atoms with van der Waals surface area (Å²) in [4.78, 5) is 20.8. The maximum Gasteiger partial charge on any atom is 0.418 e. The lowest BCUT2D eigenvalue weighted by Crippen LogP contribution is -2.10. The summed E-state index contributed by atoms with van der Waals surface area (Å²) in [6, 6.07) is 5.35. The number of hydrogen-bond donors (Lipinski definition) is 3. The minimum absolute atomic E-state index is 0.0138. The van der Waals surface area contributed by atoms with Crippen LogP contribution in [-0.4, -0.2) is 22.2 Å². The van der Waals surface area contributed by atoms with E-state index < -0.39 is 46.7 Å². The molecule has 0 heterocycles. The third-order valence-corrected chi connectivity index (χ3v) is 4.07. The number of anilines is 1. The molecule has 0 aromatic heterocycles. The van der Waals surface area contributed by atoms with E-state index in [2.05, 4.69) is 0 Å². The lowest BCUT2D eigenvalue weighted by molar-refractivity contribution is -0.138. The molecule has 0 saturated heterocycles. The van der Waals surface area contributed by atoms with Crippen molar-refractivity contribution >= 4 is 40.2 Å². The second-order valence-electron chi connectivity index (χ2n) is 5.10. The van der Waals surface area contributed by atoms with E-state index in [0.717, 1.165) is 24.3 Å². The van der Waals surface area contributed by atoms with Crippen LogP contribution in [-0.2, 0) is 12.4 Å². The number of carboxylic acids is 2. The number of halogens is 7. The van der Waals surface area contributed by atoms with Crippen molar-refractivity contribution in [1.29, 1.82) is 0 Å². The van der Waals surface area contributed by atoms with E-state index in [1.807, 2.05) is 0 Å². The number of alkyl halides is 6. The lowest BCUT2D eigenvalue weighted by Gasteiger charge is -2.09. The van der Waals surface area contributed by atoms with Gasteiger partial charge in [-0.1, -0.05) is 0 Å². The van der Waals surface area contributed by atoms with E-state index in [4.69, 9.17) is 15.9 Å². The van der Waals surface area contributed by atoms with Crippen LogP contribution in [0.4, 0.5) is 32.0 Å². The van der Waals surface area contributed by atoms with Crippen molar-refractivity contribution in [2.24, 2.45) is 0 Å². The van der Waals surface area contributed by atoms with E-state index in [9.17, 15) is 35.9 Å². The van der Waals surface area contributed by atoms with Crippen LogP contribution < -0.4 is 5.73 Å². The smallest absolute Gasteiger partial charge is 0.418 e. The molecule has 0 fully saturated rings. The molecule has 5 nitrogen and oxygen atoms in total. The third-order valence-electron chi connectivity index (χ3n) is 3.12. The number of nitrogen functional groups attached to an aromatic ring is 1. The van der Waals surface area contributed by atoms with E-state index in [-0.39, 0.29) is 9.13 Å². The molecule has 0 unspecified atom stereocenters. The molecular weight excluding hydrogens is 511 g/mol. The maximum absolute atomic E-state index is 12.3. The van der Waals surface area contributed by atoms with E-state index in [1.165, 1.54) is 22.6 Å². The SMILES string of the molecule is Nc1ccc(C(=O)O)cc1C(F)(F)F.O=C(O)c1ccc(I)c(C(F)(F)F)c1. The minimum atomic E-state index is -4.63. The summed E-state index contributed by atoms with van der Waals surface area (Å²) < 4.78 is 73.5. The molecule has 0 aliphatic heterocycles. The van der Waals surface area contributed by atoms with Gasteiger partial charge in [0.05, 0.1) is 22.3 Å². The predicted molar refractivity (Wildman–Crippen MR) is 93.9 cm³/mol. The summed E-state index contributed by atoms with van der Waals surface area (Å²) >= 11 is 1.51. The van der Waals surface area contributed by atoms with Gasteiger partial charge < -0.3 is 15.9 Å². The van der Waals surface area contributed by atoms with Crippen LogP contribution in [0, 0.1) is 3.57 Å². The molecule has 2 rings (SSSR count). The Balaban J connectivity index is 0.000000280. The van der Waals surface area contributed by atoms with Gasteiger partial charge in [-0.3, -0.25) is 0 Å². The average Bonchev–Trinajstić information content (AvgIpc) is 2.53. The summed E-state index contributed by atoms with van der Waals surface area (Å²) in [6.07, 6.45) is -9.14. The zero-order valence-corrected chi connectivity index (χ0v) is 15.6. The summed E-state index contributed by atoms with van der Waals surface area (Å²) in [5.41, 5.74) is 1.73. The Morgan fingerprint density at radius 3 is 1.57 bits per heavy atom. The molecule has 0 atom stereocenters. The van der Waals surface area contributed by atoms with Crippen molar-refractivity contribution < 1.29 is 46.1 Å². The molecule has 4 N–H and O–H groups in total. The number of nitrogens with two attached hydrogens (primary N) is 1. The minimum Gasteiger partial charge on any atom is -0.478 e. The molecule has 0 saturated carbocycles. The number of rotatable bonds is 2. The topological polar surface area (TPSA) is 101 Å². The van der Waals surface area contributed by atoms with Crippen LogP contribution in [0.15, 0.2) is 36.4 Å². The Kier molecular flexibility index (Phi) is 7.28. The first kappa shape index (κ1) is 23.5. The van der Waals surface area contributed by atoms with E-state index in [1.54, 1.807) is 0 Å². The Morgan fingerprint density at radius 1 is 0.786 bits per heavy atom. The number of benzene rings is 2. The summed E-state index contributed by atoms with van der Waals surface area (Å²) in [5, 5.41) is 17.0. The molecule has 0 aliphatic carbocycles. The zero-order valence-electron chi connectivity index (χ0n) is 13.4. The van der Waals surface area contributed by atoms with Crippen LogP contribution in [0.25, 0.3) is 0 Å². The molecule has 0 radical (unpaired) electrons. The van der Waals surface area contributed by atoms with Crippen LogP contribution in [0.1, 0.15) is 31.8 Å². The van der Waals surface area contributed by atoms with Crippen molar-refractivity contribution in [1.82, 2.24) is 0 Å². The molecule has 2 aromatic carbocycles. The zero-order chi connectivity index (χ0) is 21.9. The number of carboxylic acid groups (broad SMARTS) is 2. The van der Waals surface area contributed by atoms with Crippen LogP contribution in [0.2, 0.25) is 0 Å². The first-order valence-electron chi connectivity index (χ1n) is 6.94. The van der Waals surface area contributed by atoms with Crippen LogP contribution >= 0.6 is 22.6 Å². The summed E-state index contributed by atoms with van der Waals surface area (Å²) in [6.45, 7) is 0. The van der Waals surface area contributed by atoms with Gasteiger partial charge in [-0.15, -0.1) is 0 Å². The molecular formula is C16H10F6INO4. The Hall–Kier alpha value is -2.51. The quantitative estimate of drug-likeness (QED) is 0.294. The number of carbonyl (C=O) groups is 2. The van der Waals surface area contributed by atoms with Gasteiger partial charge in [0.2, 0.25) is 0 Å². The summed E-state index contributed by atoms with van der Waals surface area (Å²) in [5.74, 6) is -2.79. The highest BCUT2D eigenvalue weighted by Crippen LogP contribution is 2.34. The van der Waals surface area contributed by atoms with Crippen molar-refractivity contribution in [2.75, 3.05) is 5.73 Å². The molecule has 0 amide bonds. The largest absolute Gasteiger partial charge is 0.478 e. The van der Waals surface area contributed by atoms with Gasteiger partial charge in [-0.25, -0.2) is 9.59 Å². The number of aromatic carboxylic acids is 2. The van der Waals surface area contributed by atoms with Crippen molar-refractivity contribution in [3.05, 3.63) is 62.2 Å². The normalized spacial score (nSPS) is 11.4. The molecule has 12 heteroatoms. The molecule has 0 aliphatic rings. The van der Waals surface area contributed by atoms with Gasteiger partial charge in [0.25, 0.3) is 0 Å². The first-order chi connectivity index (χ1) is 12.6. The fraction of sp³-hybridized carbons (Fsp3) is 0.125. The highest BCUT2D eigenvalue weighted by molar-refractivity contribution is 14.1. The average molecular weight is 521 g/mol. The Labute approximate surface area is 166 Å². The molecule has 2 aromatic rings. The molecule has 0 spiro atoms. The van der Waals surface area contributed by atoms with Crippen molar-refractivity contribution in [2.45, 2.75) is 12.4 Å². The van der Waals surface area contributed by atoms with Crippen molar-refractivity contribution in [3.63, 3.8) is 0 Å². The standard InChI is InChI=1S/C8H4F3IO2.C8H6F3NO2/c2*9-8(10,11)5-3-4(7(13)14)1-2-6(5)12/h1-3H,(H,13,14);1-3H,12H2,(H,13,14). The van der Waals surface area contributed by atoms with Crippen LogP contribution in [0.3, 0.4) is 0 Å². The fourth-order valence-electron chi connectivity index (χ4n) is 1.81.